The predicted octanol–water partition coefficient (Wildman–Crippen LogP) is 2.21. The van der Waals surface area contributed by atoms with Gasteiger partial charge in [0.05, 0.1) is 29.8 Å². The molecule has 0 saturated heterocycles. The molecule has 1 aliphatic heterocycles. The first kappa shape index (κ1) is 18.8. The van der Waals surface area contributed by atoms with E-state index in [1.807, 2.05) is 39.4 Å². The number of hydrogen-bond acceptors (Lipinski definition) is 5. The number of aliphatic hydroxyl groups is 1. The third kappa shape index (κ3) is 3.55. The summed E-state index contributed by atoms with van der Waals surface area (Å²) in [5, 5.41) is 19.8. The molecule has 8 heteroatoms. The number of aryl methyl sites for hydroxylation is 2. The Labute approximate surface area is 175 Å². The zero-order valence-corrected chi connectivity index (χ0v) is 17.2. The van der Waals surface area contributed by atoms with Crippen LogP contribution in [0.25, 0.3) is 5.69 Å². The lowest BCUT2D eigenvalue weighted by Crippen LogP contribution is -2.33. The van der Waals surface area contributed by atoms with Gasteiger partial charge >= 0.3 is 0 Å². The molecule has 1 atom stereocenters. The third-order valence-electron chi connectivity index (χ3n) is 5.62. The van der Waals surface area contributed by atoms with Crippen LogP contribution in [0.5, 0.6) is 0 Å². The van der Waals surface area contributed by atoms with Gasteiger partial charge in [0, 0.05) is 50.8 Å². The SMILES string of the molecule is Cc1ccc(-n2cc(CN3CCn4nc(C(O)c5nccn5C)cc4C3)cn2)cc1. The van der Waals surface area contributed by atoms with E-state index in [0.29, 0.717) is 11.5 Å². The standard InChI is InChI=1S/C22H25N7O/c1-16-3-5-18(6-4-16)29-14-17(12-24-29)13-27-9-10-28-19(15-27)11-20(25-28)21(30)22-23-7-8-26(22)2/h3-8,11-12,14,21,30H,9-10,13,15H2,1-2H3. The van der Waals surface area contributed by atoms with Gasteiger partial charge < -0.3 is 9.67 Å². The van der Waals surface area contributed by atoms with Gasteiger partial charge in [-0.15, -0.1) is 0 Å². The van der Waals surface area contributed by atoms with E-state index < -0.39 is 6.10 Å². The van der Waals surface area contributed by atoms with E-state index in [4.69, 9.17) is 0 Å². The van der Waals surface area contributed by atoms with Crippen LogP contribution in [0.2, 0.25) is 0 Å². The van der Waals surface area contributed by atoms with Gasteiger partial charge in [0.25, 0.3) is 0 Å². The molecule has 0 amide bonds. The molecule has 8 nitrogen and oxygen atoms in total. The van der Waals surface area contributed by atoms with Crippen molar-refractivity contribution in [3.63, 3.8) is 0 Å². The first-order valence-corrected chi connectivity index (χ1v) is 10.1. The maximum atomic E-state index is 10.7. The minimum Gasteiger partial charge on any atom is -0.379 e. The summed E-state index contributed by atoms with van der Waals surface area (Å²) in [4.78, 5) is 6.62. The third-order valence-corrected chi connectivity index (χ3v) is 5.62. The maximum absolute atomic E-state index is 10.7. The fraction of sp³-hybridized carbons (Fsp3) is 0.318. The van der Waals surface area contributed by atoms with Gasteiger partial charge in [-0.05, 0) is 25.1 Å². The zero-order valence-electron chi connectivity index (χ0n) is 17.2. The van der Waals surface area contributed by atoms with Crippen LogP contribution in [0.4, 0.5) is 0 Å². The van der Waals surface area contributed by atoms with Gasteiger partial charge in [-0.1, -0.05) is 17.7 Å². The molecule has 5 rings (SSSR count). The number of imidazole rings is 1. The molecule has 4 heterocycles. The Balaban J connectivity index is 1.28. The van der Waals surface area contributed by atoms with Crippen molar-refractivity contribution in [3.05, 3.63) is 83.5 Å². The molecule has 0 saturated carbocycles. The molecule has 0 fully saturated rings. The van der Waals surface area contributed by atoms with E-state index in [9.17, 15) is 5.11 Å². The first-order valence-electron chi connectivity index (χ1n) is 10.1. The summed E-state index contributed by atoms with van der Waals surface area (Å²) in [6.45, 7) is 5.40. The molecule has 1 N–H and O–H groups in total. The van der Waals surface area contributed by atoms with E-state index in [-0.39, 0.29) is 0 Å². The van der Waals surface area contributed by atoms with Crippen LogP contribution >= 0.6 is 0 Å². The van der Waals surface area contributed by atoms with Gasteiger partial charge in [0.15, 0.2) is 6.10 Å². The highest BCUT2D eigenvalue weighted by Crippen LogP contribution is 2.23. The van der Waals surface area contributed by atoms with Crippen molar-refractivity contribution < 1.29 is 5.11 Å². The Hall–Kier alpha value is -3.23. The molecule has 0 bridgehead atoms. The van der Waals surface area contributed by atoms with E-state index in [2.05, 4.69) is 57.5 Å². The van der Waals surface area contributed by atoms with Crippen LogP contribution in [-0.2, 0) is 26.7 Å². The fourth-order valence-electron chi connectivity index (χ4n) is 3.92. The van der Waals surface area contributed by atoms with Crippen LogP contribution in [0, 0.1) is 6.92 Å². The van der Waals surface area contributed by atoms with Crippen LogP contribution in [0.3, 0.4) is 0 Å². The highest BCUT2D eigenvalue weighted by Gasteiger charge is 2.24. The minimum absolute atomic E-state index is 0.603. The molecule has 1 aliphatic rings. The Morgan fingerprint density at radius 3 is 2.77 bits per heavy atom. The molecule has 0 radical (unpaired) electrons. The summed E-state index contributed by atoms with van der Waals surface area (Å²) in [6.07, 6.45) is 6.72. The monoisotopic (exact) mass is 403 g/mol. The Kier molecular flexibility index (Phi) is 4.72. The summed E-state index contributed by atoms with van der Waals surface area (Å²) in [6, 6.07) is 10.3. The first-order chi connectivity index (χ1) is 14.6. The summed E-state index contributed by atoms with van der Waals surface area (Å²) in [5.74, 6) is 0.603. The zero-order chi connectivity index (χ0) is 20.7. The second-order valence-corrected chi connectivity index (χ2v) is 7.92. The Morgan fingerprint density at radius 1 is 1.17 bits per heavy atom. The maximum Gasteiger partial charge on any atom is 0.155 e. The minimum atomic E-state index is -0.815. The van der Waals surface area contributed by atoms with Gasteiger partial charge in [-0.3, -0.25) is 9.58 Å². The number of hydrogen-bond donors (Lipinski definition) is 1. The molecular weight excluding hydrogens is 378 g/mol. The van der Waals surface area contributed by atoms with Gasteiger partial charge in [0.2, 0.25) is 0 Å². The summed E-state index contributed by atoms with van der Waals surface area (Å²) in [7, 11) is 1.88. The van der Waals surface area contributed by atoms with E-state index in [1.165, 1.54) is 11.1 Å². The van der Waals surface area contributed by atoms with Gasteiger partial charge in [-0.2, -0.15) is 10.2 Å². The van der Waals surface area contributed by atoms with Gasteiger partial charge in [0.1, 0.15) is 5.82 Å². The average molecular weight is 403 g/mol. The van der Waals surface area contributed by atoms with Crippen molar-refractivity contribution >= 4 is 0 Å². The lowest BCUT2D eigenvalue weighted by atomic mass is 10.2. The Morgan fingerprint density at radius 2 is 2.00 bits per heavy atom. The normalized spacial score (nSPS) is 15.3. The topological polar surface area (TPSA) is 76.9 Å². The number of benzene rings is 1. The van der Waals surface area contributed by atoms with E-state index >= 15 is 0 Å². The second-order valence-electron chi connectivity index (χ2n) is 7.92. The summed E-state index contributed by atoms with van der Waals surface area (Å²) < 4.78 is 5.74. The van der Waals surface area contributed by atoms with E-state index in [0.717, 1.165) is 37.6 Å². The number of rotatable bonds is 5. The molecule has 0 aliphatic carbocycles. The second kappa shape index (κ2) is 7.55. The van der Waals surface area contributed by atoms with E-state index in [1.54, 1.807) is 6.20 Å². The van der Waals surface area contributed by atoms with Crippen LogP contribution in [0.1, 0.15) is 34.4 Å². The van der Waals surface area contributed by atoms with Crippen molar-refractivity contribution in [1.82, 2.24) is 34.0 Å². The smallest absolute Gasteiger partial charge is 0.155 e. The van der Waals surface area contributed by atoms with Crippen LogP contribution in [0.15, 0.2) is 55.1 Å². The fourth-order valence-corrected chi connectivity index (χ4v) is 3.92. The summed E-state index contributed by atoms with van der Waals surface area (Å²) in [5.41, 5.74) is 5.24. The number of fused-ring (bicyclic) bond motifs is 1. The van der Waals surface area contributed by atoms with Crippen molar-refractivity contribution in [2.45, 2.75) is 32.7 Å². The van der Waals surface area contributed by atoms with Crippen LogP contribution in [-0.4, -0.2) is 45.7 Å². The summed E-state index contributed by atoms with van der Waals surface area (Å²) >= 11 is 0. The molecule has 1 unspecified atom stereocenters. The molecule has 0 spiro atoms. The molecule has 30 heavy (non-hydrogen) atoms. The average Bonchev–Trinajstić information content (AvgIpc) is 3.47. The number of aliphatic hydroxyl groups excluding tert-OH is 1. The molecule has 4 aromatic rings. The molecule has 1 aromatic carbocycles. The highest BCUT2D eigenvalue weighted by molar-refractivity contribution is 5.34. The largest absolute Gasteiger partial charge is 0.379 e. The molecule has 3 aromatic heterocycles. The van der Waals surface area contributed by atoms with Crippen LogP contribution < -0.4 is 0 Å². The quantitative estimate of drug-likeness (QED) is 0.553. The Bertz CT molecular complexity index is 1150. The number of nitrogens with zero attached hydrogens (tertiary/aromatic N) is 7. The van der Waals surface area contributed by atoms with Crippen molar-refractivity contribution in [2.24, 2.45) is 7.05 Å². The highest BCUT2D eigenvalue weighted by atomic mass is 16.3. The number of aromatic nitrogens is 6. The molecule has 154 valence electrons. The predicted molar refractivity (Wildman–Crippen MR) is 112 cm³/mol. The van der Waals surface area contributed by atoms with Crippen molar-refractivity contribution in [1.29, 1.82) is 0 Å². The molecular formula is C22H25N7O. The lowest BCUT2D eigenvalue weighted by Gasteiger charge is -2.26. The van der Waals surface area contributed by atoms with Crippen molar-refractivity contribution in [3.8, 4) is 5.69 Å². The van der Waals surface area contributed by atoms with Gasteiger partial charge in [-0.25, -0.2) is 9.67 Å². The van der Waals surface area contributed by atoms with Crippen molar-refractivity contribution in [2.75, 3.05) is 6.54 Å². The lowest BCUT2D eigenvalue weighted by molar-refractivity contribution is 0.194.